The molecule has 0 unspecified atom stereocenters. The predicted molar refractivity (Wildman–Crippen MR) is 154 cm³/mol. The van der Waals surface area contributed by atoms with Crippen LogP contribution in [0.15, 0.2) is 88.2 Å². The molecule has 0 spiro atoms. The van der Waals surface area contributed by atoms with E-state index in [-0.39, 0.29) is 23.4 Å². The molecule has 7 nitrogen and oxygen atoms in total. The van der Waals surface area contributed by atoms with E-state index in [0.717, 1.165) is 10.7 Å². The fourth-order valence-corrected chi connectivity index (χ4v) is 5.75. The van der Waals surface area contributed by atoms with E-state index in [2.05, 4.69) is 21.2 Å². The first-order valence-corrected chi connectivity index (χ1v) is 14.8. The Hall–Kier alpha value is -2.88. The van der Waals surface area contributed by atoms with E-state index in [1.807, 2.05) is 13.8 Å². The fourth-order valence-electron chi connectivity index (χ4n) is 3.74. The molecule has 3 rings (SSSR count). The Bertz CT molecular complexity index is 1370. The van der Waals surface area contributed by atoms with Crippen LogP contribution in [0.5, 0.6) is 0 Å². The van der Waals surface area contributed by atoms with Crippen LogP contribution in [-0.2, 0) is 26.2 Å². The first-order valence-electron chi connectivity index (χ1n) is 12.2. The number of nitrogens with one attached hydrogen (secondary N) is 1. The largest absolute Gasteiger partial charge is 0.352 e. The van der Waals surface area contributed by atoms with E-state index in [0.29, 0.717) is 20.7 Å². The first kappa shape index (κ1) is 29.7. The highest BCUT2D eigenvalue weighted by molar-refractivity contribution is 9.10. The Balaban J connectivity index is 2.03. The van der Waals surface area contributed by atoms with Crippen molar-refractivity contribution in [3.8, 4) is 0 Å². The van der Waals surface area contributed by atoms with Crippen molar-refractivity contribution >= 4 is 55.1 Å². The minimum atomic E-state index is -4.11. The molecular formula is C28H31BrClN3O4S. The number of anilines is 1. The van der Waals surface area contributed by atoms with Crippen LogP contribution in [0, 0.1) is 0 Å². The quantitative estimate of drug-likeness (QED) is 0.301. The lowest BCUT2D eigenvalue weighted by molar-refractivity contribution is -0.139. The average Bonchev–Trinajstić information content (AvgIpc) is 2.91. The molecule has 0 saturated carbocycles. The third-order valence-corrected chi connectivity index (χ3v) is 8.82. The lowest BCUT2D eigenvalue weighted by atomic mass is 10.1. The zero-order valence-corrected chi connectivity index (χ0v) is 24.6. The highest BCUT2D eigenvalue weighted by Gasteiger charge is 2.33. The Morgan fingerprint density at radius 2 is 1.63 bits per heavy atom. The van der Waals surface area contributed by atoms with Crippen molar-refractivity contribution < 1.29 is 18.0 Å². The van der Waals surface area contributed by atoms with E-state index in [1.54, 1.807) is 73.7 Å². The topological polar surface area (TPSA) is 86.8 Å². The number of halogens is 2. The first-order chi connectivity index (χ1) is 18.0. The zero-order valence-electron chi connectivity index (χ0n) is 21.5. The van der Waals surface area contributed by atoms with Crippen LogP contribution in [-0.4, -0.2) is 43.8 Å². The lowest BCUT2D eigenvalue weighted by Gasteiger charge is -2.32. The van der Waals surface area contributed by atoms with Crippen LogP contribution in [0.4, 0.5) is 5.69 Å². The van der Waals surface area contributed by atoms with E-state index in [4.69, 9.17) is 11.6 Å². The van der Waals surface area contributed by atoms with Gasteiger partial charge in [0.25, 0.3) is 10.0 Å². The predicted octanol–water partition coefficient (Wildman–Crippen LogP) is 5.63. The summed E-state index contributed by atoms with van der Waals surface area (Å²) in [6.07, 6.45) is 0.725. The van der Waals surface area contributed by atoms with Crippen LogP contribution < -0.4 is 9.62 Å². The maximum absolute atomic E-state index is 13.9. The van der Waals surface area contributed by atoms with Gasteiger partial charge >= 0.3 is 0 Å². The molecule has 0 saturated heterocycles. The number of rotatable bonds is 11. The SMILES string of the molecule is CC[C@H](C)NC(=O)[C@@H](C)N(Cc1ccccc1Cl)C(=O)CN(c1cccc(Br)c1)S(=O)(=O)c1ccccc1. The number of hydrogen-bond acceptors (Lipinski definition) is 4. The monoisotopic (exact) mass is 619 g/mol. The molecule has 38 heavy (non-hydrogen) atoms. The van der Waals surface area contributed by atoms with Crippen molar-refractivity contribution in [2.24, 2.45) is 0 Å². The lowest BCUT2D eigenvalue weighted by Crippen LogP contribution is -2.52. The molecule has 2 amide bonds. The third-order valence-electron chi connectivity index (χ3n) is 6.17. The van der Waals surface area contributed by atoms with Gasteiger partial charge in [-0.1, -0.05) is 76.9 Å². The normalized spacial score (nSPS) is 12.9. The van der Waals surface area contributed by atoms with Crippen molar-refractivity contribution in [2.75, 3.05) is 10.8 Å². The molecule has 3 aromatic carbocycles. The number of amides is 2. The molecule has 0 bridgehead atoms. The van der Waals surface area contributed by atoms with Crippen LogP contribution in [0.3, 0.4) is 0 Å². The molecule has 0 heterocycles. The van der Waals surface area contributed by atoms with Crippen LogP contribution in [0.2, 0.25) is 5.02 Å². The summed E-state index contributed by atoms with van der Waals surface area (Å²) in [5.74, 6) is -0.879. The van der Waals surface area contributed by atoms with Crippen molar-refractivity contribution in [1.82, 2.24) is 10.2 Å². The summed E-state index contributed by atoms with van der Waals surface area (Å²) in [5, 5.41) is 3.35. The molecule has 0 aliphatic carbocycles. The van der Waals surface area contributed by atoms with Gasteiger partial charge in [-0.2, -0.15) is 0 Å². The van der Waals surface area contributed by atoms with Gasteiger partial charge in [0.1, 0.15) is 12.6 Å². The van der Waals surface area contributed by atoms with Gasteiger partial charge in [0.15, 0.2) is 0 Å². The van der Waals surface area contributed by atoms with E-state index in [9.17, 15) is 18.0 Å². The third kappa shape index (κ3) is 7.36. The molecule has 1 N–H and O–H groups in total. The summed E-state index contributed by atoms with van der Waals surface area (Å²) in [4.78, 5) is 28.4. The van der Waals surface area contributed by atoms with Gasteiger partial charge in [-0.25, -0.2) is 8.42 Å². The number of sulfonamides is 1. The van der Waals surface area contributed by atoms with Gasteiger partial charge in [0, 0.05) is 22.1 Å². The molecule has 10 heteroatoms. The highest BCUT2D eigenvalue weighted by Crippen LogP contribution is 2.27. The summed E-state index contributed by atoms with van der Waals surface area (Å²) in [6.45, 7) is 4.98. The Morgan fingerprint density at radius 3 is 2.26 bits per heavy atom. The summed E-state index contributed by atoms with van der Waals surface area (Å²) in [5.41, 5.74) is 0.955. The summed E-state index contributed by atoms with van der Waals surface area (Å²) in [7, 11) is -4.11. The van der Waals surface area contributed by atoms with Crippen LogP contribution >= 0.6 is 27.5 Å². The van der Waals surface area contributed by atoms with E-state index >= 15 is 0 Å². The molecule has 202 valence electrons. The number of hydrogen-bond donors (Lipinski definition) is 1. The molecule has 0 aromatic heterocycles. The second kappa shape index (κ2) is 13.3. The van der Waals surface area contributed by atoms with Crippen molar-refractivity contribution in [2.45, 2.75) is 50.7 Å². The molecule has 2 atom stereocenters. The number of carbonyl (C=O) groups is 2. The zero-order chi connectivity index (χ0) is 27.9. The average molecular weight is 621 g/mol. The summed E-state index contributed by atoms with van der Waals surface area (Å²) >= 11 is 9.77. The van der Waals surface area contributed by atoms with Gasteiger partial charge in [0.2, 0.25) is 11.8 Å². The maximum atomic E-state index is 13.9. The maximum Gasteiger partial charge on any atom is 0.264 e. The number of carbonyl (C=O) groups excluding carboxylic acids is 2. The summed E-state index contributed by atoms with van der Waals surface area (Å²) in [6, 6.07) is 20.7. The molecule has 0 aliphatic heterocycles. The molecule has 0 aliphatic rings. The molecular weight excluding hydrogens is 590 g/mol. The van der Waals surface area contributed by atoms with Gasteiger partial charge in [-0.05, 0) is 62.2 Å². The van der Waals surface area contributed by atoms with Gasteiger partial charge in [0.05, 0.1) is 10.6 Å². The van der Waals surface area contributed by atoms with Crippen molar-refractivity contribution in [1.29, 1.82) is 0 Å². The second-order valence-electron chi connectivity index (χ2n) is 8.91. The van der Waals surface area contributed by atoms with Gasteiger partial charge < -0.3 is 10.2 Å². The minimum Gasteiger partial charge on any atom is -0.352 e. The Morgan fingerprint density at radius 1 is 0.974 bits per heavy atom. The molecule has 0 fully saturated rings. The highest BCUT2D eigenvalue weighted by atomic mass is 79.9. The van der Waals surface area contributed by atoms with E-state index in [1.165, 1.54) is 17.0 Å². The summed E-state index contributed by atoms with van der Waals surface area (Å²) < 4.78 is 29.2. The Labute approximate surface area is 238 Å². The minimum absolute atomic E-state index is 0.0330. The smallest absolute Gasteiger partial charge is 0.264 e. The standard InChI is InChI=1S/C28H31BrClN3O4S/c1-4-20(2)31-28(35)21(3)32(18-22-11-8-9-16-26(22)30)27(34)19-33(24-13-10-12-23(29)17-24)38(36,37)25-14-6-5-7-15-25/h5-17,20-21H,4,18-19H2,1-3H3,(H,31,35)/t20-,21+/m0/s1. The number of benzene rings is 3. The second-order valence-corrected chi connectivity index (χ2v) is 12.1. The molecule has 0 radical (unpaired) electrons. The van der Waals surface area contributed by atoms with Gasteiger partial charge in [-0.15, -0.1) is 0 Å². The number of nitrogens with zero attached hydrogens (tertiary/aromatic N) is 2. The van der Waals surface area contributed by atoms with Crippen LogP contribution in [0.1, 0.15) is 32.8 Å². The van der Waals surface area contributed by atoms with Gasteiger partial charge in [-0.3, -0.25) is 13.9 Å². The van der Waals surface area contributed by atoms with Crippen molar-refractivity contribution in [3.05, 3.63) is 93.9 Å². The molecule has 3 aromatic rings. The van der Waals surface area contributed by atoms with Crippen LogP contribution in [0.25, 0.3) is 0 Å². The Kier molecular flexibility index (Phi) is 10.4. The van der Waals surface area contributed by atoms with Crippen molar-refractivity contribution in [3.63, 3.8) is 0 Å². The van der Waals surface area contributed by atoms with E-state index < -0.39 is 28.5 Å². The fraction of sp³-hybridized carbons (Fsp3) is 0.286.